The topological polar surface area (TPSA) is 69.0 Å². The molecule has 0 unspecified atom stereocenters. The Labute approximate surface area is 142 Å². The molecule has 0 aliphatic carbocycles. The van der Waals surface area contributed by atoms with Gasteiger partial charge in [0.05, 0.1) is 5.75 Å². The van der Waals surface area contributed by atoms with Gasteiger partial charge in [0.1, 0.15) is 12.1 Å². The minimum absolute atomic E-state index is 0.0867. The second kappa shape index (κ2) is 8.62. The minimum atomic E-state index is -2.85. The molecule has 2 rings (SSSR count). The smallest absolute Gasteiger partial charge is 0.387 e. The van der Waals surface area contributed by atoms with E-state index in [-0.39, 0.29) is 23.5 Å². The highest BCUT2D eigenvalue weighted by Gasteiger charge is 2.10. The van der Waals surface area contributed by atoms with Crippen LogP contribution in [0.25, 0.3) is 0 Å². The average molecular weight is 356 g/mol. The van der Waals surface area contributed by atoms with Crippen LogP contribution in [0.2, 0.25) is 0 Å². The molecule has 0 atom stereocenters. The molecule has 0 aliphatic rings. The third-order valence-electron chi connectivity index (χ3n) is 3.07. The van der Waals surface area contributed by atoms with Gasteiger partial charge in [-0.2, -0.15) is 8.78 Å². The van der Waals surface area contributed by atoms with Crippen molar-refractivity contribution in [2.45, 2.75) is 38.2 Å². The van der Waals surface area contributed by atoms with E-state index in [0.29, 0.717) is 11.7 Å². The van der Waals surface area contributed by atoms with Gasteiger partial charge < -0.3 is 14.6 Å². The molecule has 0 radical (unpaired) electrons. The molecule has 1 amide bonds. The highest BCUT2D eigenvalue weighted by atomic mass is 32.2. The average Bonchev–Trinajstić information content (AvgIpc) is 3.00. The molecule has 0 bridgehead atoms. The zero-order valence-corrected chi connectivity index (χ0v) is 14.1. The number of carbonyl (C=O) groups is 1. The zero-order valence-electron chi connectivity index (χ0n) is 13.3. The van der Waals surface area contributed by atoms with Crippen molar-refractivity contribution < 1.29 is 18.3 Å². The van der Waals surface area contributed by atoms with Crippen LogP contribution in [0, 0.1) is 0 Å². The zero-order chi connectivity index (χ0) is 17.5. The number of rotatable bonds is 8. The predicted octanol–water partition coefficient (Wildman–Crippen LogP) is 2.87. The van der Waals surface area contributed by atoms with Crippen LogP contribution in [0.4, 0.5) is 8.78 Å². The van der Waals surface area contributed by atoms with Crippen LogP contribution in [0.5, 0.6) is 5.75 Å². The number of aromatic nitrogens is 3. The van der Waals surface area contributed by atoms with Crippen molar-refractivity contribution in [2.75, 3.05) is 5.75 Å². The van der Waals surface area contributed by atoms with Gasteiger partial charge in [-0.3, -0.25) is 4.79 Å². The third kappa shape index (κ3) is 5.48. The minimum Gasteiger partial charge on any atom is -0.435 e. The number of nitrogens with zero attached hydrogens (tertiary/aromatic N) is 3. The molecular weight excluding hydrogens is 338 g/mol. The van der Waals surface area contributed by atoms with E-state index in [2.05, 4.69) is 20.3 Å². The Balaban J connectivity index is 1.77. The molecule has 1 aromatic carbocycles. The molecule has 1 heterocycles. The molecular formula is C15H18F2N4O2S. The van der Waals surface area contributed by atoms with E-state index < -0.39 is 6.61 Å². The van der Waals surface area contributed by atoms with E-state index in [1.807, 2.05) is 18.4 Å². The van der Waals surface area contributed by atoms with Gasteiger partial charge in [0.15, 0.2) is 5.16 Å². The van der Waals surface area contributed by atoms with Gasteiger partial charge in [0.2, 0.25) is 5.91 Å². The number of thioether (sulfide) groups is 1. The number of alkyl halides is 2. The maximum absolute atomic E-state index is 12.1. The fourth-order valence-corrected chi connectivity index (χ4v) is 2.73. The molecule has 0 saturated heterocycles. The first kappa shape index (κ1) is 18.2. The first-order valence-electron chi connectivity index (χ1n) is 7.28. The van der Waals surface area contributed by atoms with Crippen LogP contribution in [0.15, 0.2) is 35.7 Å². The maximum atomic E-state index is 12.1. The van der Waals surface area contributed by atoms with Gasteiger partial charge >= 0.3 is 6.61 Å². The number of nitrogens with one attached hydrogen (secondary N) is 1. The van der Waals surface area contributed by atoms with Gasteiger partial charge in [-0.25, -0.2) is 0 Å². The lowest BCUT2D eigenvalue weighted by Gasteiger charge is -2.10. The van der Waals surface area contributed by atoms with Crippen LogP contribution >= 0.6 is 11.8 Å². The molecule has 1 N–H and O–H groups in total. The van der Waals surface area contributed by atoms with Crippen molar-refractivity contribution in [3.8, 4) is 5.75 Å². The Morgan fingerprint density at radius 2 is 2.04 bits per heavy atom. The second-order valence-corrected chi connectivity index (χ2v) is 6.14. The Morgan fingerprint density at radius 1 is 1.33 bits per heavy atom. The third-order valence-corrected chi connectivity index (χ3v) is 4.02. The maximum Gasteiger partial charge on any atom is 0.387 e. The quantitative estimate of drug-likeness (QED) is 0.737. The van der Waals surface area contributed by atoms with Crippen LogP contribution in [0.3, 0.4) is 0 Å². The number of hydrogen-bond donors (Lipinski definition) is 1. The van der Waals surface area contributed by atoms with Crippen LogP contribution in [-0.2, 0) is 11.3 Å². The summed E-state index contributed by atoms with van der Waals surface area (Å²) in [5.74, 6) is 0.160. The van der Waals surface area contributed by atoms with E-state index in [1.54, 1.807) is 18.5 Å². The van der Waals surface area contributed by atoms with Gasteiger partial charge in [-0.1, -0.05) is 23.9 Å². The molecule has 0 spiro atoms. The molecule has 130 valence electrons. The van der Waals surface area contributed by atoms with Crippen molar-refractivity contribution in [1.82, 2.24) is 20.1 Å². The molecule has 6 nitrogen and oxygen atoms in total. The molecule has 0 fully saturated rings. The van der Waals surface area contributed by atoms with Crippen molar-refractivity contribution in [3.05, 3.63) is 36.2 Å². The summed E-state index contributed by atoms with van der Waals surface area (Å²) in [6.07, 6.45) is 1.63. The van der Waals surface area contributed by atoms with Crippen LogP contribution in [-0.4, -0.2) is 33.0 Å². The summed E-state index contributed by atoms with van der Waals surface area (Å²) in [6, 6.07) is 6.35. The molecule has 9 heteroatoms. The summed E-state index contributed by atoms with van der Waals surface area (Å²) < 4.78 is 30.3. The first-order chi connectivity index (χ1) is 11.5. The number of hydrogen-bond acceptors (Lipinski definition) is 5. The summed E-state index contributed by atoms with van der Waals surface area (Å²) >= 11 is 1.31. The lowest BCUT2D eigenvalue weighted by atomic mass is 10.2. The lowest BCUT2D eigenvalue weighted by Crippen LogP contribution is -2.24. The number of benzene rings is 1. The normalized spacial score (nSPS) is 11.1. The molecule has 24 heavy (non-hydrogen) atoms. The van der Waals surface area contributed by atoms with Crippen LogP contribution in [0.1, 0.15) is 25.5 Å². The van der Waals surface area contributed by atoms with E-state index >= 15 is 0 Å². The van der Waals surface area contributed by atoms with Gasteiger partial charge in [-0.15, -0.1) is 10.2 Å². The standard InChI is InChI=1S/C15H18F2N4O2S/c1-10(2)21-9-19-20-15(21)24-8-13(22)18-7-11-3-5-12(6-4-11)23-14(16)17/h3-6,9-10,14H,7-8H2,1-2H3,(H,18,22). The Bertz CT molecular complexity index is 662. The van der Waals surface area contributed by atoms with Gasteiger partial charge in [0.25, 0.3) is 0 Å². The van der Waals surface area contributed by atoms with Crippen molar-refractivity contribution in [2.24, 2.45) is 0 Å². The van der Waals surface area contributed by atoms with Crippen molar-refractivity contribution >= 4 is 17.7 Å². The van der Waals surface area contributed by atoms with E-state index in [0.717, 1.165) is 5.56 Å². The number of carbonyl (C=O) groups excluding carboxylic acids is 1. The second-order valence-electron chi connectivity index (χ2n) is 5.20. The van der Waals surface area contributed by atoms with E-state index in [9.17, 15) is 13.6 Å². The van der Waals surface area contributed by atoms with E-state index in [4.69, 9.17) is 0 Å². The highest BCUT2D eigenvalue weighted by molar-refractivity contribution is 7.99. The van der Waals surface area contributed by atoms with Crippen molar-refractivity contribution in [3.63, 3.8) is 0 Å². The Kier molecular flexibility index (Phi) is 6.53. The lowest BCUT2D eigenvalue weighted by molar-refractivity contribution is -0.118. The largest absolute Gasteiger partial charge is 0.435 e. The summed E-state index contributed by atoms with van der Waals surface area (Å²) in [6.45, 7) is 1.48. The Morgan fingerprint density at radius 3 is 2.67 bits per heavy atom. The number of ether oxygens (including phenoxy) is 1. The monoisotopic (exact) mass is 356 g/mol. The summed E-state index contributed by atoms with van der Waals surface area (Å²) in [4.78, 5) is 11.9. The fourth-order valence-electron chi connectivity index (χ4n) is 1.86. The van der Waals surface area contributed by atoms with Crippen molar-refractivity contribution in [1.29, 1.82) is 0 Å². The number of amides is 1. The Hall–Kier alpha value is -2.16. The molecule has 1 aromatic heterocycles. The predicted molar refractivity (Wildman–Crippen MR) is 86.1 cm³/mol. The molecule has 0 saturated carbocycles. The van der Waals surface area contributed by atoms with Crippen LogP contribution < -0.4 is 10.1 Å². The van der Waals surface area contributed by atoms with Gasteiger partial charge in [-0.05, 0) is 31.5 Å². The summed E-state index contributed by atoms with van der Waals surface area (Å²) in [7, 11) is 0. The summed E-state index contributed by atoms with van der Waals surface area (Å²) in [5.41, 5.74) is 0.792. The van der Waals surface area contributed by atoms with Gasteiger partial charge in [0, 0.05) is 12.6 Å². The molecule has 0 aliphatic heterocycles. The van der Waals surface area contributed by atoms with E-state index in [1.165, 1.54) is 23.9 Å². The molecule has 2 aromatic rings. The SMILES string of the molecule is CC(C)n1cnnc1SCC(=O)NCc1ccc(OC(F)F)cc1. The fraction of sp³-hybridized carbons (Fsp3) is 0.400. The summed E-state index contributed by atoms with van der Waals surface area (Å²) in [5, 5.41) is 11.3. The first-order valence-corrected chi connectivity index (χ1v) is 8.27. The highest BCUT2D eigenvalue weighted by Crippen LogP contribution is 2.18. The number of halogens is 2.